The van der Waals surface area contributed by atoms with Gasteiger partial charge in [-0.05, 0) is 55.2 Å². The van der Waals surface area contributed by atoms with Crippen molar-refractivity contribution in [3.63, 3.8) is 0 Å². The second-order valence-electron chi connectivity index (χ2n) is 7.47. The molecular weight excluding hydrogens is 260 g/mol. The van der Waals surface area contributed by atoms with Crippen LogP contribution >= 0.6 is 0 Å². The van der Waals surface area contributed by atoms with E-state index >= 15 is 0 Å². The number of benzene rings is 1. The Labute approximate surface area is 128 Å². The van der Waals surface area contributed by atoms with Gasteiger partial charge in [0.15, 0.2) is 0 Å². The van der Waals surface area contributed by atoms with Crippen LogP contribution in [0.25, 0.3) is 0 Å². The van der Waals surface area contributed by atoms with Crippen LogP contribution in [0.15, 0.2) is 18.2 Å². The van der Waals surface area contributed by atoms with Gasteiger partial charge in [0, 0.05) is 24.3 Å². The third-order valence-corrected chi connectivity index (χ3v) is 4.30. The molecule has 2 atom stereocenters. The molecule has 0 radical (unpaired) electrons. The van der Waals surface area contributed by atoms with E-state index in [1.807, 2.05) is 12.1 Å². The van der Waals surface area contributed by atoms with Gasteiger partial charge in [-0.3, -0.25) is 4.79 Å². The Kier molecular flexibility index (Phi) is 4.60. The molecule has 1 aliphatic rings. The van der Waals surface area contributed by atoms with Crippen molar-refractivity contribution in [2.45, 2.75) is 59.9 Å². The van der Waals surface area contributed by atoms with Crippen LogP contribution in [0.4, 0.5) is 11.4 Å². The average molecular weight is 288 g/mol. The molecule has 0 aliphatic heterocycles. The third kappa shape index (κ3) is 4.48. The van der Waals surface area contributed by atoms with E-state index in [2.05, 4.69) is 44.4 Å². The normalized spacial score (nSPS) is 24.4. The summed E-state index contributed by atoms with van der Waals surface area (Å²) < 4.78 is 0. The molecule has 0 aromatic heterocycles. The summed E-state index contributed by atoms with van der Waals surface area (Å²) in [5.74, 6) is 0.724. The maximum absolute atomic E-state index is 11.2. The summed E-state index contributed by atoms with van der Waals surface area (Å²) >= 11 is 0. The molecule has 2 rings (SSSR count). The van der Waals surface area contributed by atoms with Gasteiger partial charge in [0.05, 0.1) is 0 Å². The first-order chi connectivity index (χ1) is 9.75. The Morgan fingerprint density at radius 1 is 1.29 bits per heavy atom. The molecule has 1 aromatic rings. The topological polar surface area (TPSA) is 41.1 Å². The number of hydrogen-bond donors (Lipinski definition) is 2. The van der Waals surface area contributed by atoms with Crippen molar-refractivity contribution in [2.24, 2.45) is 11.3 Å². The van der Waals surface area contributed by atoms with Crippen LogP contribution < -0.4 is 10.6 Å². The lowest BCUT2D eigenvalue weighted by atomic mass is 9.70. The predicted molar refractivity (Wildman–Crippen MR) is 89.7 cm³/mol. The third-order valence-electron chi connectivity index (χ3n) is 4.30. The molecule has 21 heavy (non-hydrogen) atoms. The zero-order valence-electron chi connectivity index (χ0n) is 13.9. The number of carbonyl (C=O) groups is 1. The summed E-state index contributed by atoms with van der Waals surface area (Å²) in [6.07, 6.45) is 3.71. The number of carbonyl (C=O) groups excluding carboxylic acids is 1. The van der Waals surface area contributed by atoms with E-state index in [-0.39, 0.29) is 5.91 Å². The number of aryl methyl sites for hydroxylation is 1. The molecule has 1 aliphatic carbocycles. The minimum atomic E-state index is -0.0303. The standard InChI is InChI=1S/C18H28N2O/c1-12-8-16(11-18(4,5)10-12)20-17-9-15(19-14(3)21)7-6-13(17)2/h6-7,9,12,16,20H,8,10-11H2,1-5H3,(H,19,21). The van der Waals surface area contributed by atoms with Gasteiger partial charge < -0.3 is 10.6 Å². The number of rotatable bonds is 3. The molecule has 1 saturated carbocycles. The highest BCUT2D eigenvalue weighted by Gasteiger charge is 2.32. The molecule has 2 unspecified atom stereocenters. The lowest BCUT2D eigenvalue weighted by Gasteiger charge is -2.40. The Bertz CT molecular complexity index is 522. The molecule has 1 amide bonds. The highest BCUT2D eigenvalue weighted by Crippen LogP contribution is 2.39. The van der Waals surface area contributed by atoms with Crippen LogP contribution in [-0.4, -0.2) is 11.9 Å². The van der Waals surface area contributed by atoms with Crippen LogP contribution in [0.3, 0.4) is 0 Å². The van der Waals surface area contributed by atoms with Gasteiger partial charge >= 0.3 is 0 Å². The SMILES string of the molecule is CC(=O)Nc1ccc(C)c(NC2CC(C)CC(C)(C)C2)c1. The second kappa shape index (κ2) is 6.08. The number of nitrogens with one attached hydrogen (secondary N) is 2. The van der Waals surface area contributed by atoms with E-state index in [0.29, 0.717) is 11.5 Å². The lowest BCUT2D eigenvalue weighted by molar-refractivity contribution is -0.114. The smallest absolute Gasteiger partial charge is 0.221 e. The molecule has 1 aromatic carbocycles. The fraction of sp³-hybridized carbons (Fsp3) is 0.611. The Hall–Kier alpha value is -1.51. The number of hydrogen-bond acceptors (Lipinski definition) is 2. The molecule has 0 saturated heterocycles. The fourth-order valence-electron chi connectivity index (χ4n) is 3.73. The van der Waals surface area contributed by atoms with Gasteiger partial charge in [0.25, 0.3) is 0 Å². The number of anilines is 2. The number of amides is 1. The monoisotopic (exact) mass is 288 g/mol. The Balaban J connectivity index is 2.13. The first kappa shape index (κ1) is 15.9. The Morgan fingerprint density at radius 2 is 2.00 bits per heavy atom. The van der Waals surface area contributed by atoms with E-state index in [1.165, 1.54) is 31.7 Å². The molecule has 3 nitrogen and oxygen atoms in total. The zero-order valence-corrected chi connectivity index (χ0v) is 13.9. The quantitative estimate of drug-likeness (QED) is 0.854. The summed E-state index contributed by atoms with van der Waals surface area (Å²) in [5.41, 5.74) is 3.62. The van der Waals surface area contributed by atoms with Crippen LogP contribution in [0, 0.1) is 18.3 Å². The van der Waals surface area contributed by atoms with Crippen molar-refractivity contribution in [1.29, 1.82) is 0 Å². The van der Waals surface area contributed by atoms with E-state index in [1.54, 1.807) is 0 Å². The summed E-state index contributed by atoms with van der Waals surface area (Å²) in [7, 11) is 0. The first-order valence-electron chi connectivity index (χ1n) is 7.90. The van der Waals surface area contributed by atoms with Crippen LogP contribution in [0.5, 0.6) is 0 Å². The van der Waals surface area contributed by atoms with Crippen molar-refractivity contribution in [2.75, 3.05) is 10.6 Å². The largest absolute Gasteiger partial charge is 0.382 e. The van der Waals surface area contributed by atoms with Crippen molar-refractivity contribution < 1.29 is 4.79 Å². The summed E-state index contributed by atoms with van der Waals surface area (Å²) in [4.78, 5) is 11.2. The summed E-state index contributed by atoms with van der Waals surface area (Å²) in [5, 5.41) is 6.55. The first-order valence-corrected chi connectivity index (χ1v) is 7.90. The minimum absolute atomic E-state index is 0.0303. The van der Waals surface area contributed by atoms with E-state index in [9.17, 15) is 4.79 Å². The second-order valence-corrected chi connectivity index (χ2v) is 7.47. The molecule has 2 N–H and O–H groups in total. The minimum Gasteiger partial charge on any atom is -0.382 e. The zero-order chi connectivity index (χ0) is 15.6. The molecule has 116 valence electrons. The van der Waals surface area contributed by atoms with Crippen molar-refractivity contribution in [1.82, 2.24) is 0 Å². The van der Waals surface area contributed by atoms with Gasteiger partial charge in [-0.2, -0.15) is 0 Å². The van der Waals surface area contributed by atoms with Gasteiger partial charge in [-0.1, -0.05) is 26.8 Å². The molecule has 3 heteroatoms. The van der Waals surface area contributed by atoms with Crippen LogP contribution in [0.1, 0.15) is 52.5 Å². The van der Waals surface area contributed by atoms with E-state index < -0.39 is 0 Å². The molecule has 0 heterocycles. The van der Waals surface area contributed by atoms with Gasteiger partial charge in [0.2, 0.25) is 5.91 Å². The molecule has 0 spiro atoms. The lowest BCUT2D eigenvalue weighted by Crippen LogP contribution is -2.35. The Morgan fingerprint density at radius 3 is 2.62 bits per heavy atom. The fourth-order valence-corrected chi connectivity index (χ4v) is 3.73. The van der Waals surface area contributed by atoms with Gasteiger partial charge in [0.1, 0.15) is 0 Å². The summed E-state index contributed by atoms with van der Waals surface area (Å²) in [6, 6.07) is 6.57. The van der Waals surface area contributed by atoms with Gasteiger partial charge in [-0.25, -0.2) is 0 Å². The average Bonchev–Trinajstić information content (AvgIpc) is 2.30. The highest BCUT2D eigenvalue weighted by molar-refractivity contribution is 5.89. The highest BCUT2D eigenvalue weighted by atomic mass is 16.1. The maximum Gasteiger partial charge on any atom is 0.221 e. The van der Waals surface area contributed by atoms with Crippen LogP contribution in [-0.2, 0) is 4.79 Å². The maximum atomic E-state index is 11.2. The molecule has 1 fully saturated rings. The van der Waals surface area contributed by atoms with Crippen molar-refractivity contribution in [3.05, 3.63) is 23.8 Å². The van der Waals surface area contributed by atoms with Crippen molar-refractivity contribution >= 4 is 17.3 Å². The predicted octanol–water partition coefficient (Wildman–Crippen LogP) is 4.58. The summed E-state index contributed by atoms with van der Waals surface area (Å²) in [6.45, 7) is 10.7. The molecular formula is C18H28N2O. The van der Waals surface area contributed by atoms with E-state index in [4.69, 9.17) is 0 Å². The van der Waals surface area contributed by atoms with Gasteiger partial charge in [-0.15, -0.1) is 0 Å². The van der Waals surface area contributed by atoms with Crippen LogP contribution in [0.2, 0.25) is 0 Å². The molecule has 0 bridgehead atoms. The van der Waals surface area contributed by atoms with Crippen molar-refractivity contribution in [3.8, 4) is 0 Å². The van der Waals surface area contributed by atoms with E-state index in [0.717, 1.165) is 17.3 Å².